The van der Waals surface area contributed by atoms with Crippen LogP contribution in [0.5, 0.6) is 0 Å². The van der Waals surface area contributed by atoms with Crippen LogP contribution in [0.25, 0.3) is 0 Å². The van der Waals surface area contributed by atoms with Crippen LogP contribution in [-0.2, 0) is 5.54 Å². The summed E-state index contributed by atoms with van der Waals surface area (Å²) in [6, 6.07) is 10.2. The van der Waals surface area contributed by atoms with Gasteiger partial charge in [-0.05, 0) is 49.4 Å². The molecular formula is C15H14BrF2NO. The van der Waals surface area contributed by atoms with Crippen LogP contribution in [0.2, 0.25) is 0 Å². The van der Waals surface area contributed by atoms with Gasteiger partial charge in [-0.1, -0.05) is 15.9 Å². The van der Waals surface area contributed by atoms with Gasteiger partial charge in [0.15, 0.2) is 0 Å². The summed E-state index contributed by atoms with van der Waals surface area (Å²) in [4.78, 5) is 0. The molecule has 0 saturated heterocycles. The van der Waals surface area contributed by atoms with E-state index in [9.17, 15) is 13.9 Å². The van der Waals surface area contributed by atoms with Crippen LogP contribution < -0.4 is 5.32 Å². The number of hydrogen-bond donors (Lipinski definition) is 2. The number of benzene rings is 2. The molecule has 0 aromatic heterocycles. The molecular weight excluding hydrogens is 328 g/mol. The van der Waals surface area contributed by atoms with Crippen molar-refractivity contribution in [1.29, 1.82) is 0 Å². The molecule has 0 saturated carbocycles. The van der Waals surface area contributed by atoms with Gasteiger partial charge in [0.1, 0.15) is 11.6 Å². The smallest absolute Gasteiger partial charge is 0.128 e. The average molecular weight is 342 g/mol. The van der Waals surface area contributed by atoms with Gasteiger partial charge in [0, 0.05) is 15.7 Å². The van der Waals surface area contributed by atoms with E-state index in [0.29, 0.717) is 11.3 Å². The van der Waals surface area contributed by atoms with Gasteiger partial charge >= 0.3 is 0 Å². The quantitative estimate of drug-likeness (QED) is 0.879. The Kier molecular flexibility index (Phi) is 4.40. The molecule has 0 amide bonds. The molecule has 0 spiro atoms. The van der Waals surface area contributed by atoms with E-state index < -0.39 is 11.4 Å². The zero-order valence-corrected chi connectivity index (χ0v) is 12.4. The van der Waals surface area contributed by atoms with Crippen LogP contribution in [0.15, 0.2) is 46.9 Å². The average Bonchev–Trinajstić information content (AvgIpc) is 2.44. The minimum absolute atomic E-state index is 0.308. The third-order valence-electron chi connectivity index (χ3n) is 3.10. The van der Waals surface area contributed by atoms with Crippen molar-refractivity contribution in [2.24, 2.45) is 0 Å². The lowest BCUT2D eigenvalue weighted by Crippen LogP contribution is -2.36. The Hall–Kier alpha value is -1.46. The lowest BCUT2D eigenvalue weighted by atomic mass is 9.92. The monoisotopic (exact) mass is 341 g/mol. The predicted molar refractivity (Wildman–Crippen MR) is 78.6 cm³/mol. The lowest BCUT2D eigenvalue weighted by Gasteiger charge is -2.31. The molecule has 2 aromatic rings. The molecule has 20 heavy (non-hydrogen) atoms. The van der Waals surface area contributed by atoms with E-state index in [-0.39, 0.29) is 12.4 Å². The van der Waals surface area contributed by atoms with Gasteiger partial charge in [-0.25, -0.2) is 8.78 Å². The zero-order chi connectivity index (χ0) is 14.8. The SMILES string of the molecule is CC(CO)(Nc1ccc(F)cc1)c1cc(Br)ccc1F. The van der Waals surface area contributed by atoms with E-state index in [2.05, 4.69) is 21.2 Å². The molecule has 106 valence electrons. The first-order valence-corrected chi connectivity index (χ1v) is 6.84. The molecule has 1 unspecified atom stereocenters. The largest absolute Gasteiger partial charge is 0.394 e. The fraction of sp³-hybridized carbons (Fsp3) is 0.200. The van der Waals surface area contributed by atoms with Crippen molar-refractivity contribution in [1.82, 2.24) is 0 Å². The summed E-state index contributed by atoms with van der Waals surface area (Å²) in [5, 5.41) is 12.7. The van der Waals surface area contributed by atoms with Crippen molar-refractivity contribution in [3.63, 3.8) is 0 Å². The number of aliphatic hydroxyl groups excluding tert-OH is 1. The first-order valence-electron chi connectivity index (χ1n) is 6.05. The third-order valence-corrected chi connectivity index (χ3v) is 3.60. The number of anilines is 1. The molecule has 0 bridgehead atoms. The molecule has 2 rings (SSSR count). The van der Waals surface area contributed by atoms with Crippen LogP contribution in [0.4, 0.5) is 14.5 Å². The van der Waals surface area contributed by atoms with Crippen molar-refractivity contribution < 1.29 is 13.9 Å². The summed E-state index contributed by atoms with van der Waals surface area (Å²) in [5.41, 5.74) is -0.0767. The maximum atomic E-state index is 14.0. The molecule has 0 heterocycles. The fourth-order valence-corrected chi connectivity index (χ4v) is 2.33. The molecule has 0 aliphatic carbocycles. The molecule has 0 fully saturated rings. The van der Waals surface area contributed by atoms with Gasteiger partial charge in [-0.15, -0.1) is 0 Å². The molecule has 1 atom stereocenters. The van der Waals surface area contributed by atoms with Crippen molar-refractivity contribution in [2.75, 3.05) is 11.9 Å². The Balaban J connectivity index is 2.37. The van der Waals surface area contributed by atoms with Gasteiger partial charge in [0.2, 0.25) is 0 Å². The van der Waals surface area contributed by atoms with Crippen LogP contribution in [-0.4, -0.2) is 11.7 Å². The van der Waals surface area contributed by atoms with Gasteiger partial charge in [-0.3, -0.25) is 0 Å². The molecule has 0 radical (unpaired) electrons. The third kappa shape index (κ3) is 3.16. The normalized spacial score (nSPS) is 13.8. The van der Waals surface area contributed by atoms with E-state index in [1.165, 1.54) is 18.2 Å². The standard InChI is InChI=1S/C15H14BrF2NO/c1-15(9-20,13-8-10(16)2-7-14(13)18)19-12-5-3-11(17)4-6-12/h2-8,19-20H,9H2,1H3. The Morgan fingerprint density at radius 2 is 1.80 bits per heavy atom. The van der Waals surface area contributed by atoms with Gasteiger partial charge < -0.3 is 10.4 Å². The highest BCUT2D eigenvalue weighted by atomic mass is 79.9. The summed E-state index contributed by atoms with van der Waals surface area (Å²) in [5.74, 6) is -0.769. The number of halogens is 3. The van der Waals surface area contributed by atoms with Crippen LogP contribution in [0.1, 0.15) is 12.5 Å². The Morgan fingerprint density at radius 1 is 1.15 bits per heavy atom. The highest BCUT2D eigenvalue weighted by Gasteiger charge is 2.29. The van der Waals surface area contributed by atoms with E-state index in [0.717, 1.165) is 4.47 Å². The first kappa shape index (κ1) is 14.9. The minimum atomic E-state index is -1.01. The van der Waals surface area contributed by atoms with Crippen molar-refractivity contribution in [3.05, 3.63) is 64.1 Å². The van der Waals surface area contributed by atoms with Crippen LogP contribution in [0.3, 0.4) is 0 Å². The second kappa shape index (κ2) is 5.89. The van der Waals surface area contributed by atoms with E-state index >= 15 is 0 Å². The van der Waals surface area contributed by atoms with Crippen molar-refractivity contribution in [2.45, 2.75) is 12.5 Å². The predicted octanol–water partition coefficient (Wildman–Crippen LogP) is 4.05. The summed E-state index contributed by atoms with van der Waals surface area (Å²) in [6.07, 6.45) is 0. The fourth-order valence-electron chi connectivity index (χ4n) is 1.96. The molecule has 2 N–H and O–H groups in total. The summed E-state index contributed by atoms with van der Waals surface area (Å²) in [7, 11) is 0. The van der Waals surface area contributed by atoms with Crippen LogP contribution in [0, 0.1) is 11.6 Å². The second-order valence-electron chi connectivity index (χ2n) is 4.75. The van der Waals surface area contributed by atoms with E-state index in [1.807, 2.05) is 0 Å². The van der Waals surface area contributed by atoms with Crippen molar-refractivity contribution >= 4 is 21.6 Å². The number of nitrogens with one attached hydrogen (secondary N) is 1. The molecule has 5 heteroatoms. The summed E-state index contributed by atoms with van der Waals surface area (Å²) >= 11 is 3.29. The van der Waals surface area contributed by atoms with Gasteiger partial charge in [-0.2, -0.15) is 0 Å². The Bertz CT molecular complexity index is 603. The van der Waals surface area contributed by atoms with Gasteiger partial charge in [0.05, 0.1) is 12.1 Å². The lowest BCUT2D eigenvalue weighted by molar-refractivity contribution is 0.220. The van der Waals surface area contributed by atoms with Crippen molar-refractivity contribution in [3.8, 4) is 0 Å². The van der Waals surface area contributed by atoms with Crippen LogP contribution >= 0.6 is 15.9 Å². The Morgan fingerprint density at radius 3 is 2.40 bits per heavy atom. The topological polar surface area (TPSA) is 32.3 Å². The zero-order valence-electron chi connectivity index (χ0n) is 10.8. The van der Waals surface area contributed by atoms with E-state index in [4.69, 9.17) is 0 Å². The van der Waals surface area contributed by atoms with Gasteiger partial charge in [0.25, 0.3) is 0 Å². The molecule has 0 aliphatic rings. The maximum absolute atomic E-state index is 14.0. The number of hydrogen-bond acceptors (Lipinski definition) is 2. The molecule has 2 nitrogen and oxygen atoms in total. The van der Waals surface area contributed by atoms with E-state index in [1.54, 1.807) is 31.2 Å². The highest BCUT2D eigenvalue weighted by Crippen LogP contribution is 2.30. The second-order valence-corrected chi connectivity index (χ2v) is 5.66. The highest BCUT2D eigenvalue weighted by molar-refractivity contribution is 9.10. The Labute approximate surface area is 124 Å². The molecule has 0 aliphatic heterocycles. The summed E-state index contributed by atoms with van der Waals surface area (Å²) < 4.78 is 27.6. The minimum Gasteiger partial charge on any atom is -0.394 e. The first-order chi connectivity index (χ1) is 9.44. The number of aliphatic hydroxyl groups is 1. The number of rotatable bonds is 4. The molecule has 2 aromatic carbocycles. The maximum Gasteiger partial charge on any atom is 0.128 e. The summed E-state index contributed by atoms with van der Waals surface area (Å²) in [6.45, 7) is 1.37.